The van der Waals surface area contributed by atoms with Crippen LogP contribution in [0.25, 0.3) is 10.9 Å². The molecule has 0 radical (unpaired) electrons. The Bertz CT molecular complexity index is 562. The van der Waals surface area contributed by atoms with Gasteiger partial charge in [-0.3, -0.25) is 4.79 Å². The third-order valence-electron chi connectivity index (χ3n) is 2.81. The van der Waals surface area contributed by atoms with Crippen molar-refractivity contribution in [3.63, 3.8) is 0 Å². The van der Waals surface area contributed by atoms with E-state index >= 15 is 0 Å². The molecule has 1 atom stereocenters. The zero-order chi connectivity index (χ0) is 13.1. The van der Waals surface area contributed by atoms with Crippen molar-refractivity contribution in [2.45, 2.75) is 19.5 Å². The van der Waals surface area contributed by atoms with Crippen molar-refractivity contribution in [3.8, 4) is 5.75 Å². The van der Waals surface area contributed by atoms with Gasteiger partial charge in [0.15, 0.2) is 0 Å². The van der Waals surface area contributed by atoms with E-state index in [-0.39, 0.29) is 0 Å². The molecule has 0 aliphatic carbocycles. The fraction of sp³-hybridized carbons (Fsp3) is 0.308. The van der Waals surface area contributed by atoms with Crippen molar-refractivity contribution >= 4 is 16.8 Å². The molecule has 1 heterocycles. The Morgan fingerprint density at radius 3 is 2.89 bits per heavy atom. The molecule has 1 aromatic heterocycles. The second-order valence-electron chi connectivity index (χ2n) is 4.13. The van der Waals surface area contributed by atoms with Gasteiger partial charge in [0, 0.05) is 23.6 Å². The van der Waals surface area contributed by atoms with Crippen LogP contribution in [0.2, 0.25) is 0 Å². The maximum Gasteiger partial charge on any atom is 0.236 e. The number of amides is 1. The first-order chi connectivity index (χ1) is 8.61. The Hall–Kier alpha value is -2.01. The van der Waals surface area contributed by atoms with Crippen LogP contribution < -0.4 is 16.2 Å². The first kappa shape index (κ1) is 12.4. The summed E-state index contributed by atoms with van der Waals surface area (Å²) in [5, 5.41) is 1.05. The van der Waals surface area contributed by atoms with Gasteiger partial charge in [-0.1, -0.05) is 0 Å². The summed E-state index contributed by atoms with van der Waals surface area (Å²) in [5.41, 5.74) is 11.8. The van der Waals surface area contributed by atoms with Crippen molar-refractivity contribution in [1.82, 2.24) is 4.57 Å². The first-order valence-electron chi connectivity index (χ1n) is 5.88. The zero-order valence-corrected chi connectivity index (χ0v) is 10.3. The molecular weight excluding hydrogens is 230 g/mol. The third kappa shape index (κ3) is 2.46. The number of hydrogen-bond donors (Lipinski definition) is 2. The molecule has 5 nitrogen and oxygen atoms in total. The molecule has 1 amide bonds. The van der Waals surface area contributed by atoms with E-state index in [1.807, 2.05) is 42.0 Å². The maximum absolute atomic E-state index is 11.0. The van der Waals surface area contributed by atoms with Crippen LogP contribution in [0, 0.1) is 0 Å². The number of benzene rings is 1. The lowest BCUT2D eigenvalue weighted by Crippen LogP contribution is -2.39. The monoisotopic (exact) mass is 247 g/mol. The number of nitrogens with two attached hydrogens (primary N) is 2. The Labute approximate surface area is 105 Å². The lowest BCUT2D eigenvalue weighted by molar-refractivity contribution is -0.119. The minimum Gasteiger partial charge on any atom is -0.494 e. The van der Waals surface area contributed by atoms with Crippen molar-refractivity contribution in [2.24, 2.45) is 11.5 Å². The predicted molar refractivity (Wildman–Crippen MR) is 70.3 cm³/mol. The molecule has 0 bridgehead atoms. The number of carbonyl (C=O) groups is 1. The molecule has 0 saturated carbocycles. The highest BCUT2D eigenvalue weighted by atomic mass is 16.5. The van der Waals surface area contributed by atoms with Crippen molar-refractivity contribution in [3.05, 3.63) is 30.5 Å². The Kier molecular flexibility index (Phi) is 3.53. The van der Waals surface area contributed by atoms with Gasteiger partial charge in [0.1, 0.15) is 11.8 Å². The van der Waals surface area contributed by atoms with Crippen LogP contribution in [0.4, 0.5) is 0 Å². The number of ether oxygens (including phenoxy) is 1. The van der Waals surface area contributed by atoms with Gasteiger partial charge >= 0.3 is 0 Å². The third-order valence-corrected chi connectivity index (χ3v) is 2.81. The van der Waals surface area contributed by atoms with E-state index in [2.05, 4.69) is 0 Å². The molecule has 0 aliphatic rings. The number of carbonyl (C=O) groups excluding carboxylic acids is 1. The summed E-state index contributed by atoms with van der Waals surface area (Å²) >= 11 is 0. The van der Waals surface area contributed by atoms with Crippen LogP contribution in [0.5, 0.6) is 5.75 Å². The minimum atomic E-state index is -0.674. The quantitative estimate of drug-likeness (QED) is 0.821. The maximum atomic E-state index is 11.0. The summed E-state index contributed by atoms with van der Waals surface area (Å²) in [5.74, 6) is 0.338. The molecule has 2 aromatic rings. The number of primary amides is 1. The molecule has 18 heavy (non-hydrogen) atoms. The van der Waals surface area contributed by atoms with Gasteiger partial charge in [-0.2, -0.15) is 0 Å². The van der Waals surface area contributed by atoms with Crippen LogP contribution in [-0.2, 0) is 11.3 Å². The summed E-state index contributed by atoms with van der Waals surface area (Å²) in [6.07, 6.45) is 1.89. The molecule has 1 aromatic carbocycles. The van der Waals surface area contributed by atoms with E-state index in [1.54, 1.807) is 0 Å². The van der Waals surface area contributed by atoms with Gasteiger partial charge in [0.25, 0.3) is 0 Å². The summed E-state index contributed by atoms with van der Waals surface area (Å²) in [4.78, 5) is 11.0. The number of fused-ring (bicyclic) bond motifs is 1. The van der Waals surface area contributed by atoms with Crippen LogP contribution in [-0.4, -0.2) is 23.1 Å². The average Bonchev–Trinajstić information content (AvgIpc) is 2.72. The second kappa shape index (κ2) is 5.10. The lowest BCUT2D eigenvalue weighted by atomic mass is 10.2. The second-order valence-corrected chi connectivity index (χ2v) is 4.13. The number of nitrogens with zero attached hydrogens (tertiary/aromatic N) is 1. The van der Waals surface area contributed by atoms with E-state index in [4.69, 9.17) is 16.2 Å². The van der Waals surface area contributed by atoms with Gasteiger partial charge in [0.05, 0.1) is 6.61 Å². The SMILES string of the molecule is CCOc1ccc2c(ccn2CC(N)C(N)=O)c1. The highest BCUT2D eigenvalue weighted by Gasteiger charge is 2.11. The Balaban J connectivity index is 2.28. The summed E-state index contributed by atoms with van der Waals surface area (Å²) in [6, 6.07) is 7.11. The zero-order valence-electron chi connectivity index (χ0n) is 10.3. The van der Waals surface area contributed by atoms with Gasteiger partial charge in [-0.15, -0.1) is 0 Å². The van der Waals surface area contributed by atoms with E-state index < -0.39 is 11.9 Å². The molecule has 0 aliphatic heterocycles. The van der Waals surface area contributed by atoms with Crippen LogP contribution >= 0.6 is 0 Å². The summed E-state index contributed by atoms with van der Waals surface area (Å²) < 4.78 is 7.35. The minimum absolute atomic E-state index is 0.382. The van der Waals surface area contributed by atoms with Crippen LogP contribution in [0.15, 0.2) is 30.5 Å². The molecule has 0 saturated heterocycles. The topological polar surface area (TPSA) is 83.3 Å². The predicted octanol–water partition coefficient (Wildman–Crippen LogP) is 0.853. The molecule has 0 fully saturated rings. The Morgan fingerprint density at radius 2 is 2.22 bits per heavy atom. The molecular formula is C13H17N3O2. The van der Waals surface area contributed by atoms with E-state index in [1.165, 1.54) is 0 Å². The van der Waals surface area contributed by atoms with Gasteiger partial charge in [0.2, 0.25) is 5.91 Å². The lowest BCUT2D eigenvalue weighted by Gasteiger charge is -2.10. The normalized spacial score (nSPS) is 12.6. The van der Waals surface area contributed by atoms with Gasteiger partial charge < -0.3 is 20.8 Å². The van der Waals surface area contributed by atoms with E-state index in [0.717, 1.165) is 16.7 Å². The van der Waals surface area contributed by atoms with Crippen LogP contribution in [0.1, 0.15) is 6.92 Å². The highest BCUT2D eigenvalue weighted by Crippen LogP contribution is 2.22. The van der Waals surface area contributed by atoms with Crippen LogP contribution in [0.3, 0.4) is 0 Å². The van der Waals surface area contributed by atoms with Gasteiger partial charge in [-0.25, -0.2) is 0 Å². The van der Waals surface area contributed by atoms with E-state index in [9.17, 15) is 4.79 Å². The molecule has 5 heteroatoms. The average molecular weight is 247 g/mol. The largest absolute Gasteiger partial charge is 0.494 e. The smallest absolute Gasteiger partial charge is 0.236 e. The number of aromatic nitrogens is 1. The Morgan fingerprint density at radius 1 is 1.44 bits per heavy atom. The standard InChI is InChI=1S/C13H17N3O2/c1-2-18-10-3-4-12-9(7-10)5-6-16(12)8-11(14)13(15)17/h3-7,11H,2,8,14H2,1H3,(H2,15,17). The molecule has 0 spiro atoms. The fourth-order valence-electron chi connectivity index (χ4n) is 1.90. The first-order valence-corrected chi connectivity index (χ1v) is 5.88. The van der Waals surface area contributed by atoms with E-state index in [0.29, 0.717) is 13.2 Å². The number of rotatable bonds is 5. The van der Waals surface area contributed by atoms with Gasteiger partial charge in [-0.05, 0) is 31.2 Å². The van der Waals surface area contributed by atoms with Crippen molar-refractivity contribution in [2.75, 3.05) is 6.61 Å². The van der Waals surface area contributed by atoms with Crippen molar-refractivity contribution in [1.29, 1.82) is 0 Å². The molecule has 2 rings (SSSR count). The summed E-state index contributed by atoms with van der Waals surface area (Å²) in [6.45, 7) is 2.97. The molecule has 1 unspecified atom stereocenters. The number of hydrogen-bond acceptors (Lipinski definition) is 3. The van der Waals surface area contributed by atoms with Crippen molar-refractivity contribution < 1.29 is 9.53 Å². The molecule has 4 N–H and O–H groups in total. The molecule has 96 valence electrons. The fourth-order valence-corrected chi connectivity index (χ4v) is 1.90. The summed E-state index contributed by atoms with van der Waals surface area (Å²) in [7, 11) is 0. The highest BCUT2D eigenvalue weighted by molar-refractivity contribution is 5.83.